The first-order valence-corrected chi connectivity index (χ1v) is 14.4. The number of carbonyl (C=O) groups is 2. The molecule has 8 nitrogen and oxygen atoms in total. The van der Waals surface area contributed by atoms with Gasteiger partial charge in [0.25, 0.3) is 5.91 Å². The number of nitrogens with zero attached hydrogens (tertiary/aromatic N) is 5. The van der Waals surface area contributed by atoms with Crippen molar-refractivity contribution in [1.82, 2.24) is 30.2 Å². The fraction of sp³-hybridized carbons (Fsp3) is 0.321. The van der Waals surface area contributed by atoms with Gasteiger partial charge in [-0.05, 0) is 62.1 Å². The zero-order valence-corrected chi connectivity index (χ0v) is 24.3. The van der Waals surface area contributed by atoms with Crippen molar-refractivity contribution in [3.8, 4) is 10.6 Å². The molecule has 2 amide bonds. The van der Waals surface area contributed by atoms with E-state index in [0.717, 1.165) is 11.1 Å². The number of halogens is 3. The molecule has 0 aliphatic carbocycles. The maximum absolute atomic E-state index is 14.5. The largest absolute Gasteiger partial charge is 0.350 e. The Bertz CT molecular complexity index is 1560. The van der Waals surface area contributed by atoms with Gasteiger partial charge in [0, 0.05) is 34.6 Å². The van der Waals surface area contributed by atoms with Crippen molar-refractivity contribution in [2.24, 2.45) is 5.92 Å². The number of aromatic nitrogens is 4. The summed E-state index contributed by atoms with van der Waals surface area (Å²) in [5.41, 5.74) is 3.29. The zero-order chi connectivity index (χ0) is 28.4. The van der Waals surface area contributed by atoms with Crippen LogP contribution in [-0.4, -0.2) is 49.8 Å². The first-order chi connectivity index (χ1) is 19.2. The summed E-state index contributed by atoms with van der Waals surface area (Å²) in [6, 6.07) is 10.3. The molecule has 5 rings (SSSR count). The molecule has 1 aliphatic rings. The summed E-state index contributed by atoms with van der Waals surface area (Å²) in [7, 11) is 0. The highest BCUT2D eigenvalue weighted by molar-refractivity contribution is 7.17. The Balaban J connectivity index is 1.12. The lowest BCUT2D eigenvalue weighted by Gasteiger charge is -2.31. The Morgan fingerprint density at radius 2 is 1.90 bits per heavy atom. The molecule has 208 valence electrons. The molecule has 1 saturated heterocycles. The minimum Gasteiger partial charge on any atom is -0.350 e. The summed E-state index contributed by atoms with van der Waals surface area (Å²) < 4.78 is 16.1. The van der Waals surface area contributed by atoms with Gasteiger partial charge < -0.3 is 10.2 Å². The third kappa shape index (κ3) is 6.35. The lowest BCUT2D eigenvalue weighted by atomic mass is 9.95. The molecule has 2 aromatic carbocycles. The van der Waals surface area contributed by atoms with Gasteiger partial charge in [-0.1, -0.05) is 40.5 Å². The van der Waals surface area contributed by atoms with Crippen LogP contribution in [0.1, 0.15) is 45.0 Å². The minimum atomic E-state index is -0.354. The highest BCUT2D eigenvalue weighted by Gasteiger charge is 2.30. The number of likely N-dealkylation sites (tertiary alicyclic amines) is 1. The van der Waals surface area contributed by atoms with Crippen molar-refractivity contribution in [2.75, 3.05) is 13.1 Å². The van der Waals surface area contributed by atoms with Crippen molar-refractivity contribution < 1.29 is 14.0 Å². The van der Waals surface area contributed by atoms with Gasteiger partial charge in [-0.2, -0.15) is 0 Å². The number of piperidine rings is 1. The predicted molar refractivity (Wildman–Crippen MR) is 153 cm³/mol. The summed E-state index contributed by atoms with van der Waals surface area (Å²) in [6.07, 6.45) is 2.87. The molecule has 1 fully saturated rings. The lowest BCUT2D eigenvalue weighted by molar-refractivity contribution is -0.126. The molecule has 0 unspecified atom stereocenters. The van der Waals surface area contributed by atoms with Gasteiger partial charge in [0.15, 0.2) is 0 Å². The molecule has 0 radical (unpaired) electrons. The number of carbonyl (C=O) groups excluding carboxylic acids is 2. The number of hydrogen-bond acceptors (Lipinski definition) is 6. The molecule has 1 N–H and O–H groups in total. The Morgan fingerprint density at radius 3 is 2.62 bits per heavy atom. The fourth-order valence-electron chi connectivity index (χ4n) is 4.64. The topological polar surface area (TPSA) is 93.0 Å². The van der Waals surface area contributed by atoms with E-state index in [0.29, 0.717) is 69.4 Å². The molecule has 0 atom stereocenters. The van der Waals surface area contributed by atoms with Crippen LogP contribution in [0.3, 0.4) is 0 Å². The van der Waals surface area contributed by atoms with Crippen molar-refractivity contribution >= 4 is 46.4 Å². The van der Waals surface area contributed by atoms with Gasteiger partial charge in [0.05, 0.1) is 25.0 Å². The van der Waals surface area contributed by atoms with Gasteiger partial charge >= 0.3 is 0 Å². The summed E-state index contributed by atoms with van der Waals surface area (Å²) in [5, 5.41) is 12.8. The first kappa shape index (κ1) is 28.2. The zero-order valence-electron chi connectivity index (χ0n) is 22.0. The Labute approximate surface area is 245 Å². The second-order valence-electron chi connectivity index (χ2n) is 9.84. The van der Waals surface area contributed by atoms with Crippen LogP contribution in [0.15, 0.2) is 42.6 Å². The Hall–Kier alpha value is -3.34. The van der Waals surface area contributed by atoms with Crippen LogP contribution in [0.25, 0.3) is 10.6 Å². The maximum atomic E-state index is 14.5. The van der Waals surface area contributed by atoms with E-state index in [2.05, 4.69) is 20.6 Å². The fourth-order valence-corrected chi connectivity index (χ4v) is 6.16. The van der Waals surface area contributed by atoms with Gasteiger partial charge in [0.1, 0.15) is 21.4 Å². The third-order valence-corrected chi connectivity index (χ3v) is 8.64. The van der Waals surface area contributed by atoms with Crippen LogP contribution in [0.4, 0.5) is 4.39 Å². The minimum absolute atomic E-state index is 0.0755. The molecular formula is C28H27Cl2FN6O2S. The molecule has 0 saturated carbocycles. The number of nitrogens with one attached hydrogen (secondary N) is 1. The predicted octanol–water partition coefficient (Wildman–Crippen LogP) is 5.68. The third-order valence-electron chi connectivity index (χ3n) is 6.88. The van der Waals surface area contributed by atoms with Crippen molar-refractivity contribution in [3.63, 3.8) is 0 Å². The molecular weight excluding hydrogens is 574 g/mol. The average molecular weight is 602 g/mol. The molecule has 40 heavy (non-hydrogen) atoms. The van der Waals surface area contributed by atoms with Crippen LogP contribution < -0.4 is 5.32 Å². The second-order valence-corrected chi connectivity index (χ2v) is 11.7. The summed E-state index contributed by atoms with van der Waals surface area (Å²) in [6.45, 7) is 5.19. The second kappa shape index (κ2) is 12.0. The average Bonchev–Trinajstić information content (AvgIpc) is 3.54. The van der Waals surface area contributed by atoms with Crippen LogP contribution in [0.2, 0.25) is 10.0 Å². The Kier molecular flexibility index (Phi) is 8.48. The SMILES string of the molecule is Cc1ccc(-c2nc(C)c(C(=O)N3CCC(C(=O)NCc4cn(Cc5ccc(Cl)cc5Cl)nn4)CC3)s2)c(F)c1. The highest BCUT2D eigenvalue weighted by Crippen LogP contribution is 2.32. The van der Waals surface area contributed by atoms with Crippen LogP contribution in [0.5, 0.6) is 0 Å². The monoisotopic (exact) mass is 600 g/mol. The normalized spacial score (nSPS) is 14.0. The van der Waals surface area contributed by atoms with E-state index in [9.17, 15) is 14.0 Å². The highest BCUT2D eigenvalue weighted by atomic mass is 35.5. The number of benzene rings is 2. The van der Waals surface area contributed by atoms with Crippen LogP contribution >= 0.6 is 34.5 Å². The number of aryl methyl sites for hydroxylation is 2. The van der Waals surface area contributed by atoms with Crippen molar-refractivity contribution in [3.05, 3.63) is 85.8 Å². The maximum Gasteiger partial charge on any atom is 0.265 e. The molecule has 0 bridgehead atoms. The van der Waals surface area contributed by atoms with E-state index in [-0.39, 0.29) is 30.1 Å². The van der Waals surface area contributed by atoms with Gasteiger partial charge in [-0.25, -0.2) is 14.1 Å². The summed E-state index contributed by atoms with van der Waals surface area (Å²) in [5.74, 6) is -0.765. The quantitative estimate of drug-likeness (QED) is 0.294. The molecule has 2 aromatic heterocycles. The molecule has 12 heteroatoms. The van der Waals surface area contributed by atoms with Crippen LogP contribution in [0, 0.1) is 25.6 Å². The molecule has 0 spiro atoms. The van der Waals surface area contributed by atoms with Gasteiger partial charge in [0.2, 0.25) is 5.91 Å². The number of hydrogen-bond donors (Lipinski definition) is 1. The number of rotatable bonds is 7. The number of amides is 2. The van der Waals surface area contributed by atoms with E-state index in [1.807, 2.05) is 19.1 Å². The lowest BCUT2D eigenvalue weighted by Crippen LogP contribution is -2.42. The Morgan fingerprint density at radius 1 is 1.12 bits per heavy atom. The van der Waals surface area contributed by atoms with E-state index in [1.54, 1.807) is 40.9 Å². The van der Waals surface area contributed by atoms with E-state index >= 15 is 0 Å². The van der Waals surface area contributed by atoms with Gasteiger partial charge in [-0.15, -0.1) is 16.4 Å². The van der Waals surface area contributed by atoms with Gasteiger partial charge in [-0.3, -0.25) is 9.59 Å². The van der Waals surface area contributed by atoms with Crippen molar-refractivity contribution in [2.45, 2.75) is 39.8 Å². The molecule has 1 aliphatic heterocycles. The number of thiazole rings is 1. The first-order valence-electron chi connectivity index (χ1n) is 12.8. The summed E-state index contributed by atoms with van der Waals surface area (Å²) in [4.78, 5) is 32.8. The molecule has 4 aromatic rings. The van der Waals surface area contributed by atoms with E-state index < -0.39 is 0 Å². The molecule has 3 heterocycles. The van der Waals surface area contributed by atoms with Crippen molar-refractivity contribution in [1.29, 1.82) is 0 Å². The van der Waals surface area contributed by atoms with E-state index in [1.165, 1.54) is 17.4 Å². The smallest absolute Gasteiger partial charge is 0.265 e. The summed E-state index contributed by atoms with van der Waals surface area (Å²) >= 11 is 13.4. The standard InChI is InChI=1S/C28H27Cl2FN6O2S/c1-16-3-6-22(24(31)11-16)27-33-17(2)25(40-27)28(39)36-9-7-18(8-10-36)26(38)32-13-21-15-37(35-34-21)14-19-4-5-20(29)12-23(19)30/h3-6,11-12,15,18H,7-10,13-14H2,1-2H3,(H,32,38). The van der Waals surface area contributed by atoms with Crippen LogP contribution in [-0.2, 0) is 17.9 Å². The van der Waals surface area contributed by atoms with E-state index in [4.69, 9.17) is 23.2 Å².